The molecule has 0 saturated heterocycles. The standard InChI is InChI=1S/C22H24N4O2/c1-25(2)20-10-5-4-9-17(20)22(27)26-12-11-19-18(14-26)21(24-23-19)15-7-6-8-16(13-15)28-3/h4-10,13H,11-12,14H2,1-3H3,(H,23,24). The Kier molecular flexibility index (Phi) is 4.77. The topological polar surface area (TPSA) is 61.5 Å². The first-order valence-corrected chi connectivity index (χ1v) is 9.34. The summed E-state index contributed by atoms with van der Waals surface area (Å²) in [6.07, 6.45) is 0.766. The molecule has 0 saturated carbocycles. The summed E-state index contributed by atoms with van der Waals surface area (Å²) in [5, 5.41) is 7.68. The Morgan fingerprint density at radius 3 is 2.79 bits per heavy atom. The minimum Gasteiger partial charge on any atom is -0.497 e. The lowest BCUT2D eigenvalue weighted by molar-refractivity contribution is 0.0735. The number of H-pyrrole nitrogens is 1. The van der Waals surface area contributed by atoms with Gasteiger partial charge in [0.15, 0.2) is 0 Å². The zero-order valence-corrected chi connectivity index (χ0v) is 16.4. The van der Waals surface area contributed by atoms with Crippen LogP contribution in [0.25, 0.3) is 11.3 Å². The van der Waals surface area contributed by atoms with Crippen molar-refractivity contribution >= 4 is 11.6 Å². The van der Waals surface area contributed by atoms with Crippen LogP contribution in [0, 0.1) is 0 Å². The molecule has 0 atom stereocenters. The van der Waals surface area contributed by atoms with Crippen molar-refractivity contribution in [1.82, 2.24) is 15.1 Å². The molecule has 0 bridgehead atoms. The van der Waals surface area contributed by atoms with Crippen LogP contribution in [0.1, 0.15) is 21.6 Å². The van der Waals surface area contributed by atoms with Gasteiger partial charge in [0.05, 0.1) is 18.4 Å². The van der Waals surface area contributed by atoms with E-state index in [-0.39, 0.29) is 5.91 Å². The van der Waals surface area contributed by atoms with Crippen LogP contribution in [0.3, 0.4) is 0 Å². The first-order valence-electron chi connectivity index (χ1n) is 9.34. The number of fused-ring (bicyclic) bond motifs is 1. The Bertz CT molecular complexity index is 1010. The van der Waals surface area contributed by atoms with Crippen molar-refractivity contribution in [2.24, 2.45) is 0 Å². The van der Waals surface area contributed by atoms with Crippen LogP contribution in [0.4, 0.5) is 5.69 Å². The normalized spacial score (nSPS) is 13.2. The summed E-state index contributed by atoms with van der Waals surface area (Å²) in [6, 6.07) is 15.6. The predicted molar refractivity (Wildman–Crippen MR) is 110 cm³/mol. The Hall–Kier alpha value is -3.28. The van der Waals surface area contributed by atoms with Crippen molar-refractivity contribution in [3.05, 3.63) is 65.4 Å². The number of hydrogen-bond acceptors (Lipinski definition) is 4. The SMILES string of the molecule is COc1cccc(-c2n[nH]c3c2CN(C(=O)c2ccccc2N(C)C)CC3)c1. The third-order valence-corrected chi connectivity index (χ3v) is 5.18. The first-order chi connectivity index (χ1) is 13.6. The molecule has 28 heavy (non-hydrogen) atoms. The summed E-state index contributed by atoms with van der Waals surface area (Å²) >= 11 is 0. The van der Waals surface area contributed by atoms with Crippen molar-refractivity contribution in [3.63, 3.8) is 0 Å². The Balaban J connectivity index is 1.65. The van der Waals surface area contributed by atoms with E-state index in [1.54, 1.807) is 7.11 Å². The molecule has 0 unspecified atom stereocenters. The number of hydrogen-bond donors (Lipinski definition) is 1. The number of rotatable bonds is 4. The first kappa shape index (κ1) is 18.1. The van der Waals surface area contributed by atoms with Crippen molar-refractivity contribution < 1.29 is 9.53 Å². The van der Waals surface area contributed by atoms with Crippen molar-refractivity contribution in [2.75, 3.05) is 32.6 Å². The molecule has 1 aliphatic heterocycles. The number of ether oxygens (including phenoxy) is 1. The molecule has 2 heterocycles. The molecule has 1 aromatic heterocycles. The van der Waals surface area contributed by atoms with Crippen LogP contribution in [-0.4, -0.2) is 48.8 Å². The molecule has 0 fully saturated rings. The number of amides is 1. The van der Waals surface area contributed by atoms with Crippen LogP contribution in [0.2, 0.25) is 0 Å². The smallest absolute Gasteiger partial charge is 0.256 e. The van der Waals surface area contributed by atoms with Crippen molar-refractivity contribution in [3.8, 4) is 17.0 Å². The molecule has 1 N–H and O–H groups in total. The van der Waals surface area contributed by atoms with E-state index in [2.05, 4.69) is 10.2 Å². The molecule has 6 nitrogen and oxygen atoms in total. The number of aromatic nitrogens is 2. The van der Waals surface area contributed by atoms with Gasteiger partial charge >= 0.3 is 0 Å². The Morgan fingerprint density at radius 1 is 1.18 bits per heavy atom. The number of nitrogens with one attached hydrogen (secondary N) is 1. The van der Waals surface area contributed by atoms with Gasteiger partial charge in [-0.15, -0.1) is 0 Å². The van der Waals surface area contributed by atoms with E-state index in [9.17, 15) is 4.79 Å². The van der Waals surface area contributed by atoms with E-state index in [0.29, 0.717) is 13.1 Å². The fourth-order valence-electron chi connectivity index (χ4n) is 3.69. The summed E-state index contributed by atoms with van der Waals surface area (Å²) in [5.74, 6) is 0.839. The number of carbonyl (C=O) groups is 1. The number of aromatic amines is 1. The molecule has 0 radical (unpaired) electrons. The van der Waals surface area contributed by atoms with Gasteiger partial charge in [-0.1, -0.05) is 24.3 Å². The quantitative estimate of drug-likeness (QED) is 0.759. The van der Waals surface area contributed by atoms with Crippen LogP contribution in [0.15, 0.2) is 48.5 Å². The average molecular weight is 376 g/mol. The van der Waals surface area contributed by atoms with Crippen LogP contribution >= 0.6 is 0 Å². The number of anilines is 1. The minimum atomic E-state index is 0.0488. The van der Waals surface area contributed by atoms with Gasteiger partial charge in [-0.3, -0.25) is 9.89 Å². The van der Waals surface area contributed by atoms with Gasteiger partial charge in [0.2, 0.25) is 0 Å². The molecular weight excluding hydrogens is 352 g/mol. The summed E-state index contributed by atoms with van der Waals surface area (Å²) in [6.45, 7) is 1.21. The molecule has 1 amide bonds. The number of nitrogens with zero attached hydrogens (tertiary/aromatic N) is 3. The van der Waals surface area contributed by atoms with Crippen LogP contribution in [0.5, 0.6) is 5.75 Å². The highest BCUT2D eigenvalue weighted by atomic mass is 16.5. The van der Waals surface area contributed by atoms with Gasteiger partial charge in [-0.2, -0.15) is 5.10 Å². The molecule has 0 aliphatic carbocycles. The number of para-hydroxylation sites is 1. The van der Waals surface area contributed by atoms with E-state index in [4.69, 9.17) is 4.74 Å². The fourth-order valence-corrected chi connectivity index (χ4v) is 3.69. The van der Waals surface area contributed by atoms with Gasteiger partial charge in [-0.05, 0) is 24.3 Å². The largest absolute Gasteiger partial charge is 0.497 e. The van der Waals surface area contributed by atoms with Gasteiger partial charge in [0.1, 0.15) is 5.75 Å². The third-order valence-electron chi connectivity index (χ3n) is 5.18. The van der Waals surface area contributed by atoms with E-state index >= 15 is 0 Å². The molecule has 6 heteroatoms. The van der Waals surface area contributed by atoms with Crippen molar-refractivity contribution in [1.29, 1.82) is 0 Å². The molecule has 1 aliphatic rings. The third kappa shape index (κ3) is 3.22. The minimum absolute atomic E-state index is 0.0488. The van der Waals surface area contributed by atoms with Gasteiger partial charge in [-0.25, -0.2) is 0 Å². The monoisotopic (exact) mass is 376 g/mol. The lowest BCUT2D eigenvalue weighted by atomic mass is 10.00. The molecule has 0 spiro atoms. The van der Waals surface area contributed by atoms with Gasteiger partial charge in [0.25, 0.3) is 5.91 Å². The van der Waals surface area contributed by atoms with E-state index in [0.717, 1.165) is 45.9 Å². The van der Waals surface area contributed by atoms with Gasteiger partial charge < -0.3 is 14.5 Å². The predicted octanol–water partition coefficient (Wildman–Crippen LogP) is 3.35. The summed E-state index contributed by atoms with van der Waals surface area (Å²) < 4.78 is 5.34. The average Bonchev–Trinajstić information content (AvgIpc) is 3.16. The van der Waals surface area contributed by atoms with E-state index in [1.807, 2.05) is 72.4 Å². The Morgan fingerprint density at radius 2 is 2.00 bits per heavy atom. The van der Waals surface area contributed by atoms with Gasteiger partial charge in [0, 0.05) is 56.1 Å². The zero-order valence-electron chi connectivity index (χ0n) is 16.4. The molecule has 4 rings (SSSR count). The highest BCUT2D eigenvalue weighted by Crippen LogP contribution is 2.31. The Labute approximate surface area is 164 Å². The second-order valence-corrected chi connectivity index (χ2v) is 7.15. The zero-order chi connectivity index (χ0) is 19.7. The molecule has 2 aromatic carbocycles. The summed E-state index contributed by atoms with van der Waals surface area (Å²) in [4.78, 5) is 17.1. The maximum Gasteiger partial charge on any atom is 0.256 e. The lowest BCUT2D eigenvalue weighted by Gasteiger charge is -2.29. The lowest BCUT2D eigenvalue weighted by Crippen LogP contribution is -2.36. The maximum atomic E-state index is 13.3. The molecule has 3 aromatic rings. The summed E-state index contributed by atoms with van der Waals surface area (Å²) in [7, 11) is 5.57. The molecule has 144 valence electrons. The number of benzene rings is 2. The van der Waals surface area contributed by atoms with Crippen LogP contribution in [-0.2, 0) is 13.0 Å². The highest BCUT2D eigenvalue weighted by Gasteiger charge is 2.27. The van der Waals surface area contributed by atoms with E-state index < -0.39 is 0 Å². The second kappa shape index (κ2) is 7.38. The highest BCUT2D eigenvalue weighted by molar-refractivity contribution is 6.00. The fraction of sp³-hybridized carbons (Fsp3) is 0.273. The van der Waals surface area contributed by atoms with Crippen LogP contribution < -0.4 is 9.64 Å². The molecular formula is C22H24N4O2. The second-order valence-electron chi connectivity index (χ2n) is 7.15. The van der Waals surface area contributed by atoms with E-state index in [1.165, 1.54) is 0 Å². The van der Waals surface area contributed by atoms with Crippen molar-refractivity contribution in [2.45, 2.75) is 13.0 Å². The maximum absolute atomic E-state index is 13.3. The number of methoxy groups -OCH3 is 1. The summed E-state index contributed by atoms with van der Waals surface area (Å²) in [5.41, 5.74) is 5.70. The number of carbonyl (C=O) groups excluding carboxylic acids is 1.